The maximum absolute atomic E-state index is 6.03. The molecule has 0 spiro atoms. The third kappa shape index (κ3) is 4.45. The Bertz CT molecular complexity index is 613. The maximum atomic E-state index is 6.03. The molecule has 2 aromatic carbocycles. The van der Waals surface area contributed by atoms with Crippen molar-refractivity contribution in [1.29, 1.82) is 0 Å². The van der Waals surface area contributed by atoms with Crippen LogP contribution in [0, 0.1) is 0 Å². The molecule has 0 bridgehead atoms. The largest absolute Gasteiger partial charge is 0.389 e. The first-order valence-corrected chi connectivity index (χ1v) is 7.74. The number of nitrogens with two attached hydrogens (primary N) is 1. The Hall–Kier alpha value is -1.58. The summed E-state index contributed by atoms with van der Waals surface area (Å²) in [6.07, 6.45) is 1.02. The summed E-state index contributed by atoms with van der Waals surface area (Å²) in [6, 6.07) is 16.0. The predicted molar refractivity (Wildman–Crippen MR) is 95.3 cm³/mol. The molecule has 0 aliphatic heterocycles. The van der Waals surface area contributed by atoms with E-state index in [0.717, 1.165) is 24.2 Å². The highest BCUT2D eigenvalue weighted by molar-refractivity contribution is 7.80. The van der Waals surface area contributed by atoms with E-state index in [1.54, 1.807) is 6.07 Å². The molecule has 0 amide bonds. The van der Waals surface area contributed by atoms with Gasteiger partial charge in [0, 0.05) is 22.8 Å². The summed E-state index contributed by atoms with van der Waals surface area (Å²) in [4.78, 5) is 0.380. The SMILES string of the molecule is CC(CCNc1cc(Cl)ccc1C(N)=S)c1ccccc1. The van der Waals surface area contributed by atoms with Gasteiger partial charge in [-0.05, 0) is 36.1 Å². The minimum Gasteiger partial charge on any atom is -0.389 e. The lowest BCUT2D eigenvalue weighted by molar-refractivity contribution is 0.706. The first kappa shape index (κ1) is 15.8. The minimum absolute atomic E-state index is 0.380. The Morgan fingerprint density at radius 1 is 1.24 bits per heavy atom. The molecule has 1 unspecified atom stereocenters. The summed E-state index contributed by atoms with van der Waals surface area (Å²) in [7, 11) is 0. The second kappa shape index (κ2) is 7.43. The van der Waals surface area contributed by atoms with Crippen molar-refractivity contribution in [2.24, 2.45) is 5.73 Å². The smallest absolute Gasteiger partial charge is 0.106 e. The molecule has 0 fully saturated rings. The Balaban J connectivity index is 1.97. The lowest BCUT2D eigenvalue weighted by atomic mass is 9.98. The van der Waals surface area contributed by atoms with E-state index in [9.17, 15) is 0 Å². The summed E-state index contributed by atoms with van der Waals surface area (Å²) in [5.41, 5.74) is 8.82. The van der Waals surface area contributed by atoms with Crippen molar-refractivity contribution >= 4 is 34.5 Å². The first-order valence-electron chi connectivity index (χ1n) is 6.96. The van der Waals surface area contributed by atoms with Crippen LogP contribution in [-0.4, -0.2) is 11.5 Å². The lowest BCUT2D eigenvalue weighted by Gasteiger charge is -2.15. The number of rotatable bonds is 6. The standard InChI is InChI=1S/C17H19ClN2S/c1-12(13-5-3-2-4-6-13)9-10-20-16-11-14(18)7-8-15(16)17(19)21/h2-8,11-12,20H,9-10H2,1H3,(H2,19,21). The Morgan fingerprint density at radius 2 is 1.95 bits per heavy atom. The van der Waals surface area contributed by atoms with Crippen molar-refractivity contribution in [2.45, 2.75) is 19.3 Å². The van der Waals surface area contributed by atoms with Gasteiger partial charge < -0.3 is 11.1 Å². The molecule has 0 radical (unpaired) electrons. The van der Waals surface area contributed by atoms with Gasteiger partial charge in [0.2, 0.25) is 0 Å². The van der Waals surface area contributed by atoms with Crippen molar-refractivity contribution < 1.29 is 0 Å². The van der Waals surface area contributed by atoms with E-state index in [2.05, 4.69) is 36.5 Å². The Labute approximate surface area is 136 Å². The van der Waals surface area contributed by atoms with Crippen molar-refractivity contribution in [3.8, 4) is 0 Å². The molecule has 0 heterocycles. The summed E-state index contributed by atoms with van der Waals surface area (Å²) in [5.74, 6) is 0.492. The molecule has 21 heavy (non-hydrogen) atoms. The van der Waals surface area contributed by atoms with E-state index in [1.807, 2.05) is 18.2 Å². The number of thiocarbonyl (C=S) groups is 1. The van der Waals surface area contributed by atoms with Gasteiger partial charge in [0.05, 0.1) is 0 Å². The summed E-state index contributed by atoms with van der Waals surface area (Å²) in [6.45, 7) is 3.06. The van der Waals surface area contributed by atoms with Crippen molar-refractivity contribution in [2.75, 3.05) is 11.9 Å². The molecule has 2 nitrogen and oxygen atoms in total. The highest BCUT2D eigenvalue weighted by Gasteiger charge is 2.08. The van der Waals surface area contributed by atoms with Crippen LogP contribution in [-0.2, 0) is 0 Å². The molecule has 1 atom stereocenters. The van der Waals surface area contributed by atoms with Gasteiger partial charge in [-0.2, -0.15) is 0 Å². The molecular formula is C17H19ClN2S. The van der Waals surface area contributed by atoms with Gasteiger partial charge in [0.15, 0.2) is 0 Å². The highest BCUT2D eigenvalue weighted by Crippen LogP contribution is 2.23. The van der Waals surface area contributed by atoms with E-state index in [1.165, 1.54) is 5.56 Å². The van der Waals surface area contributed by atoms with Gasteiger partial charge in [-0.15, -0.1) is 0 Å². The molecule has 2 rings (SSSR count). The highest BCUT2D eigenvalue weighted by atomic mass is 35.5. The normalized spacial score (nSPS) is 11.9. The van der Waals surface area contributed by atoms with Gasteiger partial charge in [-0.3, -0.25) is 0 Å². The second-order valence-corrected chi connectivity index (χ2v) is 5.96. The average Bonchev–Trinajstić information content (AvgIpc) is 2.48. The lowest BCUT2D eigenvalue weighted by Crippen LogP contribution is -2.14. The molecule has 0 aliphatic carbocycles. The summed E-state index contributed by atoms with van der Waals surface area (Å²) in [5, 5.41) is 4.06. The molecule has 0 aromatic heterocycles. The van der Waals surface area contributed by atoms with Crippen molar-refractivity contribution in [3.63, 3.8) is 0 Å². The predicted octanol–water partition coefficient (Wildman–Crippen LogP) is 4.58. The van der Waals surface area contributed by atoms with Gasteiger partial charge in [0.25, 0.3) is 0 Å². The zero-order valence-electron chi connectivity index (χ0n) is 12.0. The van der Waals surface area contributed by atoms with Gasteiger partial charge in [-0.1, -0.05) is 61.1 Å². The number of hydrogen-bond donors (Lipinski definition) is 2. The number of nitrogens with one attached hydrogen (secondary N) is 1. The molecule has 0 aliphatic rings. The third-order valence-corrected chi connectivity index (χ3v) is 3.96. The van der Waals surface area contributed by atoms with E-state index in [-0.39, 0.29) is 0 Å². The van der Waals surface area contributed by atoms with Crippen LogP contribution >= 0.6 is 23.8 Å². The number of benzene rings is 2. The summed E-state index contributed by atoms with van der Waals surface area (Å²) >= 11 is 11.1. The van der Waals surface area contributed by atoms with Crippen molar-refractivity contribution in [1.82, 2.24) is 0 Å². The zero-order valence-corrected chi connectivity index (χ0v) is 13.5. The topological polar surface area (TPSA) is 38.0 Å². The van der Waals surface area contributed by atoms with Gasteiger partial charge >= 0.3 is 0 Å². The second-order valence-electron chi connectivity index (χ2n) is 5.08. The molecular weight excluding hydrogens is 300 g/mol. The van der Waals surface area contributed by atoms with E-state index in [4.69, 9.17) is 29.6 Å². The average molecular weight is 319 g/mol. The number of hydrogen-bond acceptors (Lipinski definition) is 2. The molecule has 0 saturated carbocycles. The summed E-state index contributed by atoms with van der Waals surface area (Å²) < 4.78 is 0. The van der Waals surface area contributed by atoms with Crippen molar-refractivity contribution in [3.05, 3.63) is 64.7 Å². The van der Waals surface area contributed by atoms with E-state index in [0.29, 0.717) is 15.9 Å². The Morgan fingerprint density at radius 3 is 2.62 bits per heavy atom. The monoisotopic (exact) mass is 318 g/mol. The van der Waals surface area contributed by atoms with Crippen LogP contribution in [0.4, 0.5) is 5.69 Å². The van der Waals surface area contributed by atoms with Crippen LogP contribution in [0.5, 0.6) is 0 Å². The Kier molecular flexibility index (Phi) is 5.59. The molecule has 4 heteroatoms. The fourth-order valence-electron chi connectivity index (χ4n) is 2.25. The van der Waals surface area contributed by atoms with Crippen LogP contribution in [0.25, 0.3) is 0 Å². The fraction of sp³-hybridized carbons (Fsp3) is 0.235. The minimum atomic E-state index is 0.380. The third-order valence-electron chi connectivity index (χ3n) is 3.51. The van der Waals surface area contributed by atoms with E-state index < -0.39 is 0 Å². The maximum Gasteiger partial charge on any atom is 0.106 e. The van der Waals surface area contributed by atoms with Crippen LogP contribution in [0.3, 0.4) is 0 Å². The zero-order chi connectivity index (χ0) is 15.2. The van der Waals surface area contributed by atoms with Crippen LogP contribution in [0.2, 0.25) is 5.02 Å². The van der Waals surface area contributed by atoms with Gasteiger partial charge in [-0.25, -0.2) is 0 Å². The quantitative estimate of drug-likeness (QED) is 0.766. The van der Waals surface area contributed by atoms with Crippen LogP contribution in [0.1, 0.15) is 30.4 Å². The first-order chi connectivity index (χ1) is 10.1. The molecule has 0 saturated heterocycles. The number of anilines is 1. The van der Waals surface area contributed by atoms with E-state index >= 15 is 0 Å². The molecule has 110 valence electrons. The molecule has 3 N–H and O–H groups in total. The van der Waals surface area contributed by atoms with Crippen LogP contribution in [0.15, 0.2) is 48.5 Å². The molecule has 2 aromatic rings. The van der Waals surface area contributed by atoms with Gasteiger partial charge in [0.1, 0.15) is 4.99 Å². The fourth-order valence-corrected chi connectivity index (χ4v) is 2.60. The number of halogens is 1. The van der Waals surface area contributed by atoms with Crippen LogP contribution < -0.4 is 11.1 Å².